The van der Waals surface area contributed by atoms with Gasteiger partial charge in [-0.1, -0.05) is 6.07 Å². The molecule has 0 fully saturated rings. The molecule has 0 spiro atoms. The lowest BCUT2D eigenvalue weighted by Gasteiger charge is -1.96. The highest BCUT2D eigenvalue weighted by Crippen LogP contribution is 2.39. The standard InChI is InChI=1S/C12H10N2S3/c13-6-10-14-11(8-3-5-15-7-8)12(17-10)9-2-1-4-16-9/h1-5,7H,6,13H2. The van der Waals surface area contributed by atoms with Crippen molar-refractivity contribution in [3.8, 4) is 21.0 Å². The summed E-state index contributed by atoms with van der Waals surface area (Å²) >= 11 is 5.13. The average Bonchev–Trinajstić information content (AvgIpc) is 3.09. The average molecular weight is 278 g/mol. The molecule has 17 heavy (non-hydrogen) atoms. The van der Waals surface area contributed by atoms with Crippen LogP contribution in [0.4, 0.5) is 0 Å². The molecule has 86 valence electrons. The van der Waals surface area contributed by atoms with E-state index in [0.717, 1.165) is 10.7 Å². The van der Waals surface area contributed by atoms with Crippen molar-refractivity contribution in [1.29, 1.82) is 0 Å². The predicted octanol–water partition coefficient (Wildman–Crippen LogP) is 4.06. The lowest BCUT2D eigenvalue weighted by atomic mass is 10.2. The summed E-state index contributed by atoms with van der Waals surface area (Å²) in [5.74, 6) is 0. The minimum Gasteiger partial charge on any atom is -0.325 e. The second-order valence-corrected chi connectivity index (χ2v) is 6.29. The molecule has 2 nitrogen and oxygen atoms in total. The number of hydrogen-bond acceptors (Lipinski definition) is 5. The van der Waals surface area contributed by atoms with Crippen LogP contribution >= 0.6 is 34.0 Å². The van der Waals surface area contributed by atoms with E-state index in [0.29, 0.717) is 6.54 Å². The molecule has 0 aliphatic rings. The molecule has 3 aromatic heterocycles. The monoisotopic (exact) mass is 278 g/mol. The maximum absolute atomic E-state index is 5.69. The fourth-order valence-corrected chi connectivity index (χ4v) is 4.08. The smallest absolute Gasteiger partial charge is 0.108 e. The van der Waals surface area contributed by atoms with Crippen LogP contribution in [0.3, 0.4) is 0 Å². The van der Waals surface area contributed by atoms with Gasteiger partial charge in [0, 0.05) is 22.4 Å². The van der Waals surface area contributed by atoms with Crippen LogP contribution in [0.25, 0.3) is 21.0 Å². The Bertz CT molecular complexity index is 542. The van der Waals surface area contributed by atoms with E-state index in [1.165, 1.54) is 15.3 Å². The van der Waals surface area contributed by atoms with Gasteiger partial charge >= 0.3 is 0 Å². The van der Waals surface area contributed by atoms with Crippen molar-refractivity contribution in [3.63, 3.8) is 0 Å². The van der Waals surface area contributed by atoms with Gasteiger partial charge in [-0.3, -0.25) is 0 Å². The number of thiophene rings is 2. The number of hydrogen-bond donors (Lipinski definition) is 1. The van der Waals surface area contributed by atoms with Gasteiger partial charge in [-0.25, -0.2) is 4.98 Å². The Hall–Kier alpha value is -1.01. The molecule has 2 N–H and O–H groups in total. The van der Waals surface area contributed by atoms with Crippen molar-refractivity contribution < 1.29 is 0 Å². The van der Waals surface area contributed by atoms with Gasteiger partial charge in [-0.05, 0) is 22.9 Å². The van der Waals surface area contributed by atoms with Crippen LogP contribution in [0.1, 0.15) is 5.01 Å². The Morgan fingerprint density at radius 1 is 1.24 bits per heavy atom. The summed E-state index contributed by atoms with van der Waals surface area (Å²) in [6.07, 6.45) is 0. The molecule has 0 bridgehead atoms. The third kappa shape index (κ3) is 2.07. The van der Waals surface area contributed by atoms with Gasteiger partial charge in [0.1, 0.15) is 5.01 Å². The molecular formula is C12H10N2S3. The summed E-state index contributed by atoms with van der Waals surface area (Å²) in [6, 6.07) is 6.31. The molecule has 0 unspecified atom stereocenters. The summed E-state index contributed by atoms with van der Waals surface area (Å²) in [4.78, 5) is 7.14. The maximum Gasteiger partial charge on any atom is 0.108 e. The number of nitrogens with zero attached hydrogens (tertiary/aromatic N) is 1. The lowest BCUT2D eigenvalue weighted by molar-refractivity contribution is 1.04. The molecule has 0 radical (unpaired) electrons. The number of rotatable bonds is 3. The van der Waals surface area contributed by atoms with Gasteiger partial charge in [0.2, 0.25) is 0 Å². The molecule has 0 saturated heterocycles. The maximum atomic E-state index is 5.69. The van der Waals surface area contributed by atoms with Crippen LogP contribution in [-0.2, 0) is 6.54 Å². The molecule has 0 amide bonds. The van der Waals surface area contributed by atoms with Crippen molar-refractivity contribution in [2.24, 2.45) is 5.73 Å². The third-order valence-corrected chi connectivity index (χ3v) is 5.20. The van der Waals surface area contributed by atoms with Crippen molar-refractivity contribution in [2.75, 3.05) is 0 Å². The van der Waals surface area contributed by atoms with Gasteiger partial charge < -0.3 is 5.73 Å². The first-order valence-electron chi connectivity index (χ1n) is 5.14. The van der Waals surface area contributed by atoms with Gasteiger partial charge in [-0.15, -0.1) is 22.7 Å². The van der Waals surface area contributed by atoms with Crippen molar-refractivity contribution in [3.05, 3.63) is 39.3 Å². The van der Waals surface area contributed by atoms with Gasteiger partial charge in [0.15, 0.2) is 0 Å². The zero-order chi connectivity index (χ0) is 11.7. The molecule has 0 aromatic carbocycles. The highest BCUT2D eigenvalue weighted by atomic mass is 32.1. The topological polar surface area (TPSA) is 38.9 Å². The SMILES string of the molecule is NCc1nc(-c2ccsc2)c(-c2cccs2)s1. The second kappa shape index (κ2) is 4.70. The highest BCUT2D eigenvalue weighted by Gasteiger charge is 2.15. The molecule has 3 rings (SSSR count). The van der Waals surface area contributed by atoms with Gasteiger partial charge in [-0.2, -0.15) is 11.3 Å². The lowest BCUT2D eigenvalue weighted by Crippen LogP contribution is -1.94. The van der Waals surface area contributed by atoms with E-state index in [1.54, 1.807) is 34.0 Å². The Kier molecular flexibility index (Phi) is 3.07. The second-order valence-electron chi connectivity index (χ2n) is 3.48. The van der Waals surface area contributed by atoms with Crippen molar-refractivity contribution in [2.45, 2.75) is 6.54 Å². The fraction of sp³-hybridized carbons (Fsp3) is 0.0833. The quantitative estimate of drug-likeness (QED) is 0.784. The zero-order valence-electron chi connectivity index (χ0n) is 8.92. The van der Waals surface area contributed by atoms with Gasteiger partial charge in [0.25, 0.3) is 0 Å². The molecule has 0 aliphatic heterocycles. The first-order chi connectivity index (χ1) is 8.38. The first-order valence-corrected chi connectivity index (χ1v) is 7.78. The van der Waals surface area contributed by atoms with E-state index in [4.69, 9.17) is 5.73 Å². The largest absolute Gasteiger partial charge is 0.325 e. The summed E-state index contributed by atoms with van der Waals surface area (Å²) < 4.78 is 0. The molecule has 5 heteroatoms. The Morgan fingerprint density at radius 2 is 2.18 bits per heavy atom. The molecule has 3 heterocycles. The van der Waals surface area contributed by atoms with Crippen molar-refractivity contribution in [1.82, 2.24) is 4.98 Å². The number of thiazole rings is 1. The molecule has 0 atom stereocenters. The predicted molar refractivity (Wildman–Crippen MR) is 76.6 cm³/mol. The van der Waals surface area contributed by atoms with E-state index in [2.05, 4.69) is 39.3 Å². The van der Waals surface area contributed by atoms with Crippen molar-refractivity contribution >= 4 is 34.0 Å². The third-order valence-electron chi connectivity index (χ3n) is 2.39. The summed E-state index contributed by atoms with van der Waals surface area (Å²) in [5.41, 5.74) is 7.95. The molecule has 0 saturated carbocycles. The molecular weight excluding hydrogens is 268 g/mol. The van der Waals surface area contributed by atoms with E-state index in [1.807, 2.05) is 0 Å². The van der Waals surface area contributed by atoms with Crippen LogP contribution in [-0.4, -0.2) is 4.98 Å². The summed E-state index contributed by atoms with van der Waals surface area (Å²) in [7, 11) is 0. The van der Waals surface area contributed by atoms with E-state index < -0.39 is 0 Å². The minimum absolute atomic E-state index is 0.507. The Morgan fingerprint density at radius 3 is 2.82 bits per heavy atom. The fourth-order valence-electron chi connectivity index (χ4n) is 1.62. The molecule has 3 aromatic rings. The Labute approximate surface area is 111 Å². The van der Waals surface area contributed by atoms with E-state index in [9.17, 15) is 0 Å². The first kappa shape index (κ1) is 11.1. The molecule has 0 aliphatic carbocycles. The normalized spacial score (nSPS) is 10.9. The zero-order valence-corrected chi connectivity index (χ0v) is 11.4. The number of nitrogens with two attached hydrogens (primary N) is 1. The van der Waals surface area contributed by atoms with E-state index >= 15 is 0 Å². The summed E-state index contributed by atoms with van der Waals surface area (Å²) in [5, 5.41) is 7.30. The number of aromatic nitrogens is 1. The van der Waals surface area contributed by atoms with Gasteiger partial charge in [0.05, 0.1) is 10.6 Å². The van der Waals surface area contributed by atoms with Crippen LogP contribution in [0.2, 0.25) is 0 Å². The summed E-state index contributed by atoms with van der Waals surface area (Å²) in [6.45, 7) is 0.507. The highest BCUT2D eigenvalue weighted by molar-refractivity contribution is 7.21. The van der Waals surface area contributed by atoms with Crippen LogP contribution in [0.5, 0.6) is 0 Å². The van der Waals surface area contributed by atoms with Crippen LogP contribution < -0.4 is 5.73 Å². The Balaban J connectivity index is 2.17. The minimum atomic E-state index is 0.507. The van der Waals surface area contributed by atoms with Crippen LogP contribution in [0, 0.1) is 0 Å². The van der Waals surface area contributed by atoms with E-state index in [-0.39, 0.29) is 0 Å². The van der Waals surface area contributed by atoms with Crippen LogP contribution in [0.15, 0.2) is 34.3 Å².